The Labute approximate surface area is 235 Å². The van der Waals surface area contributed by atoms with E-state index in [2.05, 4.69) is 71.3 Å². The van der Waals surface area contributed by atoms with Crippen LogP contribution in [0.5, 0.6) is 0 Å². The van der Waals surface area contributed by atoms with Gasteiger partial charge in [0.05, 0.1) is 12.5 Å². The number of H-pyrrole nitrogens is 1. The highest BCUT2D eigenvalue weighted by atomic mass is 16.5. The molecule has 5 heteroatoms. The number of ether oxygens (including phenoxy) is 1. The fourth-order valence-corrected chi connectivity index (χ4v) is 11.6. The zero-order chi connectivity index (χ0) is 28.4. The van der Waals surface area contributed by atoms with Gasteiger partial charge in [-0.05, 0) is 103 Å². The van der Waals surface area contributed by atoms with Crippen molar-refractivity contribution in [2.45, 2.75) is 112 Å². The molecule has 0 spiro atoms. The molecule has 1 aromatic rings. The number of nitrogens with two attached hydrogens (primary N) is 1. The number of hydrogen-bond acceptors (Lipinski definition) is 4. The number of hydrogen-bond donors (Lipinski definition) is 2. The van der Waals surface area contributed by atoms with E-state index < -0.39 is 5.41 Å². The average Bonchev–Trinajstić information content (AvgIpc) is 3.24. The molecule has 6 rings (SSSR count). The molecule has 0 radical (unpaired) electrons. The molecule has 3 saturated carbocycles. The van der Waals surface area contributed by atoms with Crippen molar-refractivity contribution in [3.63, 3.8) is 0 Å². The Kier molecular flexibility index (Phi) is 5.59. The summed E-state index contributed by atoms with van der Waals surface area (Å²) in [5, 5.41) is 7.82. The first-order valence-corrected chi connectivity index (χ1v) is 15.4. The predicted molar refractivity (Wildman–Crippen MR) is 157 cm³/mol. The van der Waals surface area contributed by atoms with E-state index >= 15 is 0 Å². The molecule has 0 saturated heterocycles. The van der Waals surface area contributed by atoms with Crippen LogP contribution in [0.3, 0.4) is 0 Å². The minimum absolute atomic E-state index is 0.00643. The summed E-state index contributed by atoms with van der Waals surface area (Å²) in [6.07, 6.45) is 11.6. The standard InChI is InChI=1S/C34H51N3O2/c1-10-20-17-24-31(6)18-21-26(36-37-27(21)35)30(4,5)23(31)11-12-32(24,7)33(8)14-16-34(28(38)39-9)15-13-29(2,3)19-22(34)25(20)33/h10,22-24H,1,11-19H2,2-9H3,(H3,35,36,37)/t22-,23-,24?,31-,32+,33+,34-/m0/s1. The Morgan fingerprint density at radius 1 is 1.05 bits per heavy atom. The second kappa shape index (κ2) is 8.03. The molecule has 0 aliphatic heterocycles. The third-order valence-corrected chi connectivity index (χ3v) is 13.8. The number of allylic oxidation sites excluding steroid dienone is 3. The smallest absolute Gasteiger partial charge is 0.312 e. The van der Waals surface area contributed by atoms with Gasteiger partial charge in [0.15, 0.2) is 0 Å². The summed E-state index contributed by atoms with van der Waals surface area (Å²) in [6.45, 7) is 21.8. The molecule has 1 unspecified atom stereocenters. The maximum absolute atomic E-state index is 13.6. The summed E-state index contributed by atoms with van der Waals surface area (Å²) in [6, 6.07) is 0. The van der Waals surface area contributed by atoms with E-state index in [1.165, 1.54) is 29.7 Å². The fourth-order valence-electron chi connectivity index (χ4n) is 11.6. The maximum Gasteiger partial charge on any atom is 0.312 e. The van der Waals surface area contributed by atoms with Gasteiger partial charge in [0.2, 0.25) is 0 Å². The van der Waals surface area contributed by atoms with Crippen LogP contribution in [-0.4, -0.2) is 23.3 Å². The summed E-state index contributed by atoms with van der Waals surface area (Å²) in [4.78, 5) is 13.6. The van der Waals surface area contributed by atoms with Crippen LogP contribution in [0.4, 0.5) is 5.82 Å². The van der Waals surface area contributed by atoms with Gasteiger partial charge in [-0.3, -0.25) is 9.89 Å². The second-order valence-corrected chi connectivity index (χ2v) is 16.2. The maximum atomic E-state index is 13.6. The van der Waals surface area contributed by atoms with Crippen LogP contribution >= 0.6 is 0 Å². The van der Waals surface area contributed by atoms with Gasteiger partial charge in [0.1, 0.15) is 5.82 Å². The van der Waals surface area contributed by atoms with Crippen LogP contribution in [0.1, 0.15) is 111 Å². The van der Waals surface area contributed by atoms with Crippen LogP contribution in [0.25, 0.3) is 0 Å². The van der Waals surface area contributed by atoms with Crippen LogP contribution in [0.15, 0.2) is 23.8 Å². The van der Waals surface area contributed by atoms with Crippen LogP contribution in [0.2, 0.25) is 0 Å². The lowest BCUT2D eigenvalue weighted by Gasteiger charge is -2.71. The van der Waals surface area contributed by atoms with Crippen molar-refractivity contribution < 1.29 is 9.53 Å². The molecule has 0 amide bonds. The Morgan fingerprint density at radius 3 is 2.41 bits per heavy atom. The van der Waals surface area contributed by atoms with E-state index in [4.69, 9.17) is 10.5 Å². The first-order valence-electron chi connectivity index (χ1n) is 15.4. The van der Waals surface area contributed by atoms with Crippen molar-refractivity contribution in [3.8, 4) is 0 Å². The first kappa shape index (κ1) is 27.1. The minimum Gasteiger partial charge on any atom is -0.469 e. The second-order valence-electron chi connectivity index (χ2n) is 16.2. The van der Waals surface area contributed by atoms with Crippen molar-refractivity contribution in [2.24, 2.45) is 44.8 Å². The molecule has 1 aromatic heterocycles. The summed E-state index contributed by atoms with van der Waals surface area (Å²) < 4.78 is 5.57. The molecule has 3 fully saturated rings. The average molecular weight is 534 g/mol. The third-order valence-electron chi connectivity index (χ3n) is 13.8. The number of fused-ring (bicyclic) bond motifs is 8. The van der Waals surface area contributed by atoms with Gasteiger partial charge in [0, 0.05) is 16.7 Å². The monoisotopic (exact) mass is 533 g/mol. The zero-order valence-corrected chi connectivity index (χ0v) is 25.7. The van der Waals surface area contributed by atoms with E-state index in [-0.39, 0.29) is 39.0 Å². The number of methoxy groups -OCH3 is 1. The van der Waals surface area contributed by atoms with Gasteiger partial charge in [-0.15, -0.1) is 0 Å². The molecule has 3 N–H and O–H groups in total. The molecule has 0 aromatic carbocycles. The van der Waals surface area contributed by atoms with Crippen LogP contribution in [0, 0.1) is 44.8 Å². The summed E-state index contributed by atoms with van der Waals surface area (Å²) in [5.41, 5.74) is 12.0. The first-order chi connectivity index (χ1) is 18.1. The Hall–Kier alpha value is -2.04. The number of carbonyl (C=O) groups excluding carboxylic acids is 1. The largest absolute Gasteiger partial charge is 0.469 e. The van der Waals surface area contributed by atoms with E-state index in [9.17, 15) is 4.79 Å². The molecular weight excluding hydrogens is 482 g/mol. The quantitative estimate of drug-likeness (QED) is 0.385. The minimum atomic E-state index is -0.398. The van der Waals surface area contributed by atoms with Gasteiger partial charge >= 0.3 is 5.97 Å². The van der Waals surface area contributed by atoms with Crippen LogP contribution < -0.4 is 5.73 Å². The number of anilines is 1. The van der Waals surface area contributed by atoms with Crippen molar-refractivity contribution in [3.05, 3.63) is 35.1 Å². The van der Waals surface area contributed by atoms with Gasteiger partial charge in [-0.2, -0.15) is 5.10 Å². The van der Waals surface area contributed by atoms with E-state index in [1.807, 2.05) is 0 Å². The van der Waals surface area contributed by atoms with Gasteiger partial charge in [-0.25, -0.2) is 0 Å². The molecule has 7 atom stereocenters. The van der Waals surface area contributed by atoms with E-state index in [1.54, 1.807) is 12.7 Å². The van der Waals surface area contributed by atoms with Gasteiger partial charge < -0.3 is 10.5 Å². The normalized spacial score (nSPS) is 43.7. The molecule has 5 nitrogen and oxygen atoms in total. The van der Waals surface area contributed by atoms with Crippen LogP contribution in [-0.2, 0) is 21.4 Å². The molecule has 39 heavy (non-hydrogen) atoms. The van der Waals surface area contributed by atoms with E-state index in [0.717, 1.165) is 44.9 Å². The van der Waals surface area contributed by atoms with Crippen molar-refractivity contribution in [1.82, 2.24) is 10.2 Å². The number of nitrogen functional groups attached to an aromatic ring is 1. The Bertz CT molecular complexity index is 1270. The highest BCUT2D eigenvalue weighted by Crippen LogP contribution is 2.76. The summed E-state index contributed by atoms with van der Waals surface area (Å²) in [5.74, 6) is 1.98. The Morgan fingerprint density at radius 2 is 1.74 bits per heavy atom. The molecule has 1 heterocycles. The van der Waals surface area contributed by atoms with Gasteiger partial charge in [-0.1, -0.05) is 66.7 Å². The third kappa shape index (κ3) is 3.19. The SMILES string of the molecule is C=CC1=C2[C@@H]3CC(C)(C)CC[C@]3(C(=O)OC)CC[C@@]2(C)[C@]2(C)CC[C@H]3C(C)(C)c4[nH]nc(N)c4C[C@]3(C)C2C1. The lowest BCUT2D eigenvalue weighted by atomic mass is 9.33. The summed E-state index contributed by atoms with van der Waals surface area (Å²) >= 11 is 0. The highest BCUT2D eigenvalue weighted by Gasteiger charge is 2.70. The zero-order valence-electron chi connectivity index (χ0n) is 25.7. The predicted octanol–water partition coefficient (Wildman–Crippen LogP) is 7.54. The molecule has 5 aliphatic rings. The number of carbonyl (C=O) groups is 1. The van der Waals surface area contributed by atoms with Crippen molar-refractivity contribution in [1.29, 1.82) is 0 Å². The number of aromatic amines is 1. The molecule has 214 valence electrons. The van der Waals surface area contributed by atoms with E-state index in [0.29, 0.717) is 17.7 Å². The highest BCUT2D eigenvalue weighted by molar-refractivity contribution is 5.79. The number of nitrogens with one attached hydrogen (secondary N) is 1. The fraction of sp³-hybridized carbons (Fsp3) is 0.765. The molecule has 0 bridgehead atoms. The molecular formula is C34H51N3O2. The van der Waals surface area contributed by atoms with Gasteiger partial charge in [0.25, 0.3) is 0 Å². The van der Waals surface area contributed by atoms with Crippen molar-refractivity contribution in [2.75, 3.05) is 12.8 Å². The number of rotatable bonds is 2. The lowest BCUT2D eigenvalue weighted by Crippen LogP contribution is -2.65. The summed E-state index contributed by atoms with van der Waals surface area (Å²) in [7, 11) is 1.59. The number of aromatic nitrogens is 2. The number of nitrogens with zero attached hydrogens (tertiary/aromatic N) is 1. The van der Waals surface area contributed by atoms with Crippen molar-refractivity contribution >= 4 is 11.8 Å². The number of esters is 1. The molecule has 5 aliphatic carbocycles. The lowest BCUT2D eigenvalue weighted by molar-refractivity contribution is -0.180. The topological polar surface area (TPSA) is 81.0 Å². The Balaban J connectivity index is 1.54.